The first-order valence-corrected chi connectivity index (χ1v) is 11.9. The molecule has 0 heterocycles. The lowest BCUT2D eigenvalue weighted by Gasteiger charge is -2.22. The van der Waals surface area contributed by atoms with Crippen molar-refractivity contribution >= 4 is 21.6 Å². The van der Waals surface area contributed by atoms with Crippen LogP contribution < -0.4 is 14.4 Å². The van der Waals surface area contributed by atoms with Crippen LogP contribution in [0.15, 0.2) is 53.4 Å². The second-order valence-electron chi connectivity index (χ2n) is 7.75. The normalized spacial score (nSPS) is 15.0. The molecule has 7 heteroatoms. The lowest BCUT2D eigenvalue weighted by molar-refractivity contribution is -0.118. The Morgan fingerprint density at radius 1 is 1.03 bits per heavy atom. The predicted molar refractivity (Wildman–Crippen MR) is 118 cm³/mol. The summed E-state index contributed by atoms with van der Waals surface area (Å²) in [5.41, 5.74) is 1.74. The first-order chi connectivity index (χ1) is 14.4. The standard InChI is InChI=1S/C23H30N2O4S/c1-25(20-11-13-21(29-2)14-12-20)23(26)17-10-18-8-15-22(16-9-18)30(27,28)24-19-6-4-3-5-7-19/h8-9,11-16,19,24H,3-7,10,17H2,1-2H3. The number of nitrogens with zero attached hydrogens (tertiary/aromatic N) is 1. The Kier molecular flexibility index (Phi) is 7.50. The number of ether oxygens (including phenoxy) is 1. The minimum absolute atomic E-state index is 0.00386. The van der Waals surface area contributed by atoms with Gasteiger partial charge >= 0.3 is 0 Å². The zero-order valence-corrected chi connectivity index (χ0v) is 18.5. The highest BCUT2D eigenvalue weighted by Crippen LogP contribution is 2.21. The number of carbonyl (C=O) groups excluding carboxylic acids is 1. The monoisotopic (exact) mass is 430 g/mol. The van der Waals surface area contributed by atoms with E-state index in [0.717, 1.165) is 42.7 Å². The maximum atomic E-state index is 12.6. The van der Waals surface area contributed by atoms with Gasteiger partial charge in [-0.25, -0.2) is 13.1 Å². The number of amides is 1. The molecule has 30 heavy (non-hydrogen) atoms. The molecule has 0 bridgehead atoms. The van der Waals surface area contributed by atoms with Crippen LogP contribution in [0.1, 0.15) is 44.1 Å². The molecular weight excluding hydrogens is 400 g/mol. The number of nitrogens with one attached hydrogen (secondary N) is 1. The molecule has 1 aliphatic rings. The van der Waals surface area contributed by atoms with Crippen molar-refractivity contribution in [3.63, 3.8) is 0 Å². The highest BCUT2D eigenvalue weighted by atomic mass is 32.2. The van der Waals surface area contributed by atoms with Crippen LogP contribution in [0.5, 0.6) is 5.75 Å². The third-order valence-corrected chi connectivity index (χ3v) is 7.16. The lowest BCUT2D eigenvalue weighted by Crippen LogP contribution is -2.36. The Morgan fingerprint density at radius 3 is 2.27 bits per heavy atom. The van der Waals surface area contributed by atoms with Crippen molar-refractivity contribution in [2.45, 2.75) is 55.9 Å². The number of hydrogen-bond acceptors (Lipinski definition) is 4. The summed E-state index contributed by atoms with van der Waals surface area (Å²) in [6.45, 7) is 0. The zero-order valence-electron chi connectivity index (χ0n) is 17.6. The Hall–Kier alpha value is -2.38. The maximum Gasteiger partial charge on any atom is 0.240 e. The number of anilines is 1. The summed E-state index contributed by atoms with van der Waals surface area (Å²) < 4.78 is 33.1. The molecule has 1 N–H and O–H groups in total. The molecule has 0 atom stereocenters. The average molecular weight is 431 g/mol. The topological polar surface area (TPSA) is 75.7 Å². The quantitative estimate of drug-likeness (QED) is 0.689. The molecule has 3 rings (SSSR count). The molecule has 2 aromatic carbocycles. The largest absolute Gasteiger partial charge is 0.497 e. The van der Waals surface area contributed by atoms with Gasteiger partial charge in [0.1, 0.15) is 5.75 Å². The fourth-order valence-electron chi connectivity index (χ4n) is 3.71. The summed E-state index contributed by atoms with van der Waals surface area (Å²) in [7, 11) is -0.148. The third-order valence-electron chi connectivity index (χ3n) is 5.62. The van der Waals surface area contributed by atoms with Crippen LogP contribution in [0.3, 0.4) is 0 Å². The van der Waals surface area contributed by atoms with E-state index in [9.17, 15) is 13.2 Å². The number of carbonyl (C=O) groups is 1. The number of aryl methyl sites for hydroxylation is 1. The Morgan fingerprint density at radius 2 is 1.67 bits per heavy atom. The third kappa shape index (κ3) is 5.83. The molecule has 1 saturated carbocycles. The van der Waals surface area contributed by atoms with E-state index in [2.05, 4.69) is 4.72 Å². The molecule has 6 nitrogen and oxygen atoms in total. The van der Waals surface area contributed by atoms with Crippen molar-refractivity contribution < 1.29 is 17.9 Å². The second kappa shape index (κ2) is 10.1. The van der Waals surface area contributed by atoms with Gasteiger partial charge < -0.3 is 9.64 Å². The van der Waals surface area contributed by atoms with Crippen molar-refractivity contribution in [3.05, 3.63) is 54.1 Å². The van der Waals surface area contributed by atoms with Gasteiger partial charge in [0.25, 0.3) is 0 Å². The van der Waals surface area contributed by atoms with Crippen LogP contribution >= 0.6 is 0 Å². The van der Waals surface area contributed by atoms with Crippen LogP contribution in [0.4, 0.5) is 5.69 Å². The van der Waals surface area contributed by atoms with Gasteiger partial charge in [0.15, 0.2) is 0 Å². The van der Waals surface area contributed by atoms with E-state index < -0.39 is 10.0 Å². The summed E-state index contributed by atoms with van der Waals surface area (Å²) in [5.74, 6) is 0.739. The Labute approximate surface area is 179 Å². The number of benzene rings is 2. The van der Waals surface area contributed by atoms with Crippen molar-refractivity contribution in [2.75, 3.05) is 19.1 Å². The molecule has 0 unspecified atom stereocenters. The maximum absolute atomic E-state index is 12.6. The van der Waals surface area contributed by atoms with Crippen molar-refractivity contribution in [1.29, 1.82) is 0 Å². The SMILES string of the molecule is COc1ccc(N(C)C(=O)CCc2ccc(S(=O)(=O)NC3CCCCC3)cc2)cc1. The highest BCUT2D eigenvalue weighted by Gasteiger charge is 2.21. The number of sulfonamides is 1. The predicted octanol–water partition coefficient (Wildman–Crippen LogP) is 3.90. The second-order valence-corrected chi connectivity index (χ2v) is 9.46. The number of methoxy groups -OCH3 is 1. The average Bonchev–Trinajstić information content (AvgIpc) is 2.77. The molecule has 0 aliphatic heterocycles. The molecule has 0 spiro atoms. The molecule has 1 amide bonds. The van der Waals surface area contributed by atoms with E-state index in [-0.39, 0.29) is 16.8 Å². The van der Waals surface area contributed by atoms with E-state index in [4.69, 9.17) is 4.74 Å². The van der Waals surface area contributed by atoms with E-state index in [1.807, 2.05) is 24.3 Å². The molecule has 2 aromatic rings. The molecule has 1 fully saturated rings. The highest BCUT2D eigenvalue weighted by molar-refractivity contribution is 7.89. The van der Waals surface area contributed by atoms with Crippen molar-refractivity contribution in [1.82, 2.24) is 4.72 Å². The summed E-state index contributed by atoms with van der Waals surface area (Å²) >= 11 is 0. The van der Waals surface area contributed by atoms with E-state index in [0.29, 0.717) is 12.8 Å². The van der Waals surface area contributed by atoms with Gasteiger partial charge in [-0.2, -0.15) is 0 Å². The van der Waals surface area contributed by atoms with Crippen LogP contribution in [-0.2, 0) is 21.2 Å². The van der Waals surface area contributed by atoms with Crippen molar-refractivity contribution in [2.24, 2.45) is 0 Å². The lowest BCUT2D eigenvalue weighted by atomic mass is 9.96. The zero-order chi connectivity index (χ0) is 21.6. The summed E-state index contributed by atoms with van der Waals surface area (Å²) in [4.78, 5) is 14.4. The van der Waals surface area contributed by atoms with Gasteiger partial charge in [0.05, 0.1) is 12.0 Å². The van der Waals surface area contributed by atoms with Gasteiger partial charge in [-0.15, -0.1) is 0 Å². The van der Waals surface area contributed by atoms with Crippen molar-refractivity contribution in [3.8, 4) is 5.75 Å². The molecular formula is C23H30N2O4S. The Balaban J connectivity index is 1.55. The van der Waals surface area contributed by atoms with Gasteiger partial charge in [-0.05, 0) is 61.2 Å². The summed E-state index contributed by atoms with van der Waals surface area (Å²) in [5, 5.41) is 0. The molecule has 0 saturated heterocycles. The summed E-state index contributed by atoms with van der Waals surface area (Å²) in [6, 6.07) is 14.2. The molecule has 0 aromatic heterocycles. The number of rotatable bonds is 8. The van der Waals surface area contributed by atoms with Crippen LogP contribution in [0, 0.1) is 0 Å². The van der Waals surface area contributed by atoms with Gasteiger partial charge in [-0.3, -0.25) is 4.79 Å². The summed E-state index contributed by atoms with van der Waals surface area (Å²) in [6.07, 6.45) is 6.03. The number of hydrogen-bond donors (Lipinski definition) is 1. The smallest absolute Gasteiger partial charge is 0.240 e. The van der Waals surface area contributed by atoms with Crippen LogP contribution in [0.25, 0.3) is 0 Å². The fraction of sp³-hybridized carbons (Fsp3) is 0.435. The molecule has 1 aliphatic carbocycles. The molecule has 0 radical (unpaired) electrons. The van der Waals surface area contributed by atoms with Gasteiger partial charge in [0.2, 0.25) is 15.9 Å². The van der Waals surface area contributed by atoms with E-state index in [1.54, 1.807) is 43.3 Å². The van der Waals surface area contributed by atoms with E-state index >= 15 is 0 Å². The molecule has 162 valence electrons. The first-order valence-electron chi connectivity index (χ1n) is 10.4. The van der Waals surface area contributed by atoms with Crippen LogP contribution in [-0.4, -0.2) is 34.5 Å². The Bertz CT molecular complexity index is 934. The minimum atomic E-state index is -3.50. The fourth-order valence-corrected chi connectivity index (χ4v) is 5.02. The van der Waals surface area contributed by atoms with E-state index in [1.165, 1.54) is 6.42 Å². The minimum Gasteiger partial charge on any atom is -0.497 e. The van der Waals surface area contributed by atoms with Crippen LogP contribution in [0.2, 0.25) is 0 Å². The van der Waals surface area contributed by atoms with Gasteiger partial charge in [-0.1, -0.05) is 31.4 Å². The van der Waals surface area contributed by atoms with Gasteiger partial charge in [0, 0.05) is 25.2 Å². The first kappa shape index (κ1) is 22.3.